The summed E-state index contributed by atoms with van der Waals surface area (Å²) in [5.41, 5.74) is 7.67. The van der Waals surface area contributed by atoms with Crippen molar-refractivity contribution in [2.24, 2.45) is 11.1 Å². The maximum absolute atomic E-state index is 13.5. The number of benzene rings is 1. The van der Waals surface area contributed by atoms with Gasteiger partial charge in [-0.3, -0.25) is 19.8 Å². The molecular weight excluding hydrogens is 528 g/mol. The number of allylic oxidation sites excluding steroid dienone is 3. The standard InChI is InChI=1S/C23H20BrClN4O3S/c1-11-14(24)7-19(33-11)20-13(10-26)22(27)28(16-6-12(29(31)32)4-5-15(16)25)17-8-23(2,3)9-18(30)21(17)20/h4-7,20H,8-9,27H2,1-3H3. The summed E-state index contributed by atoms with van der Waals surface area (Å²) in [6.07, 6.45) is 0.817. The summed E-state index contributed by atoms with van der Waals surface area (Å²) in [5.74, 6) is -0.547. The van der Waals surface area contributed by atoms with Crippen LogP contribution in [0.4, 0.5) is 11.4 Å². The van der Waals surface area contributed by atoms with Crippen molar-refractivity contribution in [1.82, 2.24) is 0 Å². The number of nitro benzene ring substituents is 1. The Balaban J connectivity index is 2.04. The topological polar surface area (TPSA) is 113 Å². The van der Waals surface area contributed by atoms with Gasteiger partial charge in [-0.25, -0.2) is 0 Å². The molecular formula is C23H20BrClN4O3S. The molecule has 2 aliphatic rings. The molecule has 2 aromatic rings. The average Bonchev–Trinajstić information content (AvgIpc) is 3.05. The zero-order valence-electron chi connectivity index (χ0n) is 18.1. The minimum Gasteiger partial charge on any atom is -0.384 e. The monoisotopic (exact) mass is 546 g/mol. The Morgan fingerprint density at radius 2 is 2.06 bits per heavy atom. The molecule has 1 aromatic heterocycles. The summed E-state index contributed by atoms with van der Waals surface area (Å²) in [4.78, 5) is 27.9. The van der Waals surface area contributed by atoms with Gasteiger partial charge in [-0.15, -0.1) is 11.3 Å². The molecule has 1 atom stereocenters. The molecule has 170 valence electrons. The SMILES string of the molecule is Cc1sc(C2C(C#N)=C(N)N(c3cc([N+](=O)[O-])ccc3Cl)C3=C2C(=O)CC(C)(C)C3)cc1Br. The van der Waals surface area contributed by atoms with Gasteiger partial charge >= 0.3 is 0 Å². The third-order valence-corrected chi connectivity index (χ3v) is 8.44. The van der Waals surface area contributed by atoms with Crippen LogP contribution >= 0.6 is 38.9 Å². The number of ketones is 1. The van der Waals surface area contributed by atoms with Crippen molar-refractivity contribution in [3.63, 3.8) is 0 Å². The molecule has 0 saturated heterocycles. The predicted octanol–water partition coefficient (Wildman–Crippen LogP) is 6.32. The van der Waals surface area contributed by atoms with Crippen molar-refractivity contribution >= 4 is 56.0 Å². The molecule has 0 spiro atoms. The highest BCUT2D eigenvalue weighted by Crippen LogP contribution is 2.52. The summed E-state index contributed by atoms with van der Waals surface area (Å²) < 4.78 is 0.897. The third-order valence-electron chi connectivity index (χ3n) is 5.92. The van der Waals surface area contributed by atoms with Crippen molar-refractivity contribution in [3.8, 4) is 6.07 Å². The van der Waals surface area contributed by atoms with Gasteiger partial charge in [0.15, 0.2) is 5.78 Å². The van der Waals surface area contributed by atoms with Crippen molar-refractivity contribution in [2.45, 2.75) is 39.5 Å². The van der Waals surface area contributed by atoms with E-state index in [1.807, 2.05) is 26.8 Å². The van der Waals surface area contributed by atoms with E-state index in [0.29, 0.717) is 24.1 Å². The number of nitro groups is 1. The highest BCUT2D eigenvalue weighted by Gasteiger charge is 2.45. The smallest absolute Gasteiger partial charge is 0.271 e. The van der Waals surface area contributed by atoms with Crippen LogP contribution in [0.5, 0.6) is 0 Å². The zero-order valence-corrected chi connectivity index (χ0v) is 21.3. The Morgan fingerprint density at radius 1 is 1.36 bits per heavy atom. The van der Waals surface area contributed by atoms with E-state index in [9.17, 15) is 20.2 Å². The number of carbonyl (C=O) groups excluding carboxylic acids is 1. The first-order chi connectivity index (χ1) is 15.4. The van der Waals surface area contributed by atoms with Crippen LogP contribution in [0.15, 0.2) is 51.4 Å². The molecule has 0 fully saturated rings. The number of non-ortho nitro benzene ring substituents is 1. The van der Waals surface area contributed by atoms with Crippen LogP contribution in [-0.2, 0) is 4.79 Å². The van der Waals surface area contributed by atoms with Crippen LogP contribution in [0.25, 0.3) is 0 Å². The number of aryl methyl sites for hydroxylation is 1. The molecule has 2 heterocycles. The van der Waals surface area contributed by atoms with Crippen LogP contribution in [-0.4, -0.2) is 10.7 Å². The van der Waals surface area contributed by atoms with Gasteiger partial charge in [0.2, 0.25) is 0 Å². The Morgan fingerprint density at radius 3 is 2.64 bits per heavy atom. The van der Waals surface area contributed by atoms with E-state index in [1.165, 1.54) is 29.5 Å². The van der Waals surface area contributed by atoms with Gasteiger partial charge in [-0.2, -0.15) is 5.26 Å². The number of hydrogen-bond donors (Lipinski definition) is 1. The van der Waals surface area contributed by atoms with E-state index in [0.717, 1.165) is 14.2 Å². The first-order valence-electron chi connectivity index (χ1n) is 10.1. The molecule has 7 nitrogen and oxygen atoms in total. The van der Waals surface area contributed by atoms with E-state index in [2.05, 4.69) is 22.0 Å². The van der Waals surface area contributed by atoms with Crippen LogP contribution in [0, 0.1) is 33.8 Å². The van der Waals surface area contributed by atoms with E-state index in [1.54, 1.807) is 4.90 Å². The molecule has 1 aliphatic heterocycles. The number of Topliss-reactive ketones (excluding diaryl/α,β-unsaturated/α-hetero) is 1. The number of thiophene rings is 1. The molecule has 0 bridgehead atoms. The van der Waals surface area contributed by atoms with E-state index in [4.69, 9.17) is 17.3 Å². The van der Waals surface area contributed by atoms with Gasteiger partial charge in [0, 0.05) is 44.1 Å². The highest BCUT2D eigenvalue weighted by molar-refractivity contribution is 9.10. The number of nitrogens with two attached hydrogens (primary N) is 1. The molecule has 0 radical (unpaired) electrons. The molecule has 1 aromatic carbocycles. The van der Waals surface area contributed by atoms with Crippen molar-refractivity contribution in [2.75, 3.05) is 4.90 Å². The first kappa shape index (κ1) is 23.5. The molecule has 0 amide bonds. The molecule has 4 rings (SSSR count). The van der Waals surface area contributed by atoms with Crippen molar-refractivity contribution < 1.29 is 9.72 Å². The third kappa shape index (κ3) is 3.97. The van der Waals surface area contributed by atoms with Crippen LogP contribution in [0.3, 0.4) is 0 Å². The lowest BCUT2D eigenvalue weighted by Gasteiger charge is -2.43. The van der Waals surface area contributed by atoms with Gasteiger partial charge in [0.05, 0.1) is 33.2 Å². The highest BCUT2D eigenvalue weighted by atomic mass is 79.9. The molecule has 10 heteroatoms. The number of rotatable bonds is 3. The lowest BCUT2D eigenvalue weighted by Crippen LogP contribution is -2.42. The maximum atomic E-state index is 13.5. The fourth-order valence-electron chi connectivity index (χ4n) is 4.48. The van der Waals surface area contributed by atoms with E-state index < -0.39 is 10.8 Å². The van der Waals surface area contributed by atoms with Crippen LogP contribution < -0.4 is 10.6 Å². The van der Waals surface area contributed by atoms with Gasteiger partial charge in [0.25, 0.3) is 5.69 Å². The normalized spacial score (nSPS) is 20.1. The number of carbonyl (C=O) groups is 1. The first-order valence-corrected chi connectivity index (χ1v) is 12.1. The largest absolute Gasteiger partial charge is 0.384 e. The zero-order chi connectivity index (χ0) is 24.2. The van der Waals surface area contributed by atoms with Gasteiger partial charge in [0.1, 0.15) is 5.82 Å². The fraction of sp³-hybridized carbons (Fsp3) is 0.304. The summed E-state index contributed by atoms with van der Waals surface area (Å²) in [6, 6.07) is 8.18. The number of nitrogens with zero attached hydrogens (tertiary/aromatic N) is 3. The predicted molar refractivity (Wildman–Crippen MR) is 132 cm³/mol. The van der Waals surface area contributed by atoms with Crippen LogP contribution in [0.1, 0.15) is 42.4 Å². The van der Waals surface area contributed by atoms with Crippen LogP contribution in [0.2, 0.25) is 5.02 Å². The lowest BCUT2D eigenvalue weighted by atomic mass is 9.69. The second-order valence-corrected chi connectivity index (χ2v) is 11.5. The number of nitriles is 1. The van der Waals surface area contributed by atoms with Gasteiger partial charge in [-0.05, 0) is 46.8 Å². The Hall–Kier alpha value is -2.67. The average molecular weight is 548 g/mol. The van der Waals surface area contributed by atoms with Gasteiger partial charge in [-0.1, -0.05) is 25.4 Å². The Kier molecular flexibility index (Phi) is 5.89. The quantitative estimate of drug-likeness (QED) is 0.355. The molecule has 0 saturated carbocycles. The fourth-order valence-corrected chi connectivity index (χ4v) is 6.36. The minimum atomic E-state index is -0.600. The molecule has 1 unspecified atom stereocenters. The van der Waals surface area contributed by atoms with Crippen molar-refractivity contribution in [1.29, 1.82) is 5.26 Å². The van der Waals surface area contributed by atoms with E-state index >= 15 is 0 Å². The summed E-state index contributed by atoms with van der Waals surface area (Å²) in [5, 5.41) is 21.8. The Bertz CT molecular complexity index is 1300. The molecule has 1 aliphatic carbocycles. The summed E-state index contributed by atoms with van der Waals surface area (Å²) >= 11 is 11.5. The second kappa shape index (κ2) is 8.28. The summed E-state index contributed by atoms with van der Waals surface area (Å²) in [6.45, 7) is 5.93. The lowest BCUT2D eigenvalue weighted by molar-refractivity contribution is -0.384. The molecule has 33 heavy (non-hydrogen) atoms. The second-order valence-electron chi connectivity index (χ2n) is 8.93. The number of hydrogen-bond acceptors (Lipinski definition) is 7. The van der Waals surface area contributed by atoms with Crippen molar-refractivity contribution in [3.05, 3.63) is 76.3 Å². The Labute approximate surface area is 208 Å². The number of anilines is 1. The van der Waals surface area contributed by atoms with E-state index in [-0.39, 0.29) is 39.0 Å². The summed E-state index contributed by atoms with van der Waals surface area (Å²) in [7, 11) is 0. The minimum absolute atomic E-state index is 0.0692. The molecule has 2 N–H and O–H groups in total. The maximum Gasteiger partial charge on any atom is 0.271 e. The van der Waals surface area contributed by atoms with Gasteiger partial charge < -0.3 is 5.73 Å². The number of halogens is 2.